The largest absolute Gasteiger partial charge is 0.350 e. The van der Waals surface area contributed by atoms with Crippen molar-refractivity contribution in [1.29, 1.82) is 0 Å². The third kappa shape index (κ3) is 4.41. The lowest BCUT2D eigenvalue weighted by atomic mass is 10.2. The topological polar surface area (TPSA) is 41.1 Å². The van der Waals surface area contributed by atoms with E-state index in [0.29, 0.717) is 19.1 Å². The zero-order valence-electron chi connectivity index (χ0n) is 9.67. The smallest absolute Gasteiger partial charge is 0.234 e. The van der Waals surface area contributed by atoms with Crippen LogP contribution in [0, 0.1) is 0 Å². The highest BCUT2D eigenvalue weighted by molar-refractivity contribution is 9.11. The number of hydrogen-bond donors (Lipinski definition) is 2. The molecule has 0 unspecified atom stereocenters. The Bertz CT molecular complexity index is 374. The van der Waals surface area contributed by atoms with E-state index < -0.39 is 0 Å². The van der Waals surface area contributed by atoms with Gasteiger partial charge in [0.05, 0.1) is 16.9 Å². The molecule has 2 N–H and O–H groups in total. The summed E-state index contributed by atoms with van der Waals surface area (Å²) in [7, 11) is 0. The monoisotopic (exact) mass is 316 g/mol. The minimum absolute atomic E-state index is 0.0847. The van der Waals surface area contributed by atoms with Gasteiger partial charge in [0.25, 0.3) is 0 Å². The summed E-state index contributed by atoms with van der Waals surface area (Å²) in [5, 5.41) is 6.23. The Balaban J connectivity index is 1.63. The van der Waals surface area contributed by atoms with Crippen LogP contribution in [-0.4, -0.2) is 18.5 Å². The van der Waals surface area contributed by atoms with Crippen LogP contribution >= 0.6 is 27.3 Å². The molecule has 1 aromatic rings. The predicted molar refractivity (Wildman–Crippen MR) is 74.1 cm³/mol. The number of thiophene rings is 1. The van der Waals surface area contributed by atoms with Gasteiger partial charge in [-0.1, -0.05) is 12.8 Å². The fourth-order valence-corrected chi connectivity index (χ4v) is 3.48. The summed E-state index contributed by atoms with van der Waals surface area (Å²) in [5.41, 5.74) is 0. The summed E-state index contributed by atoms with van der Waals surface area (Å²) in [6.07, 6.45) is 5.02. The van der Waals surface area contributed by atoms with E-state index in [9.17, 15) is 4.79 Å². The van der Waals surface area contributed by atoms with Gasteiger partial charge >= 0.3 is 0 Å². The van der Waals surface area contributed by atoms with Crippen LogP contribution in [0.15, 0.2) is 15.9 Å². The molecule has 0 atom stereocenters. The number of rotatable bonds is 5. The molecule has 1 saturated carbocycles. The molecule has 94 valence electrons. The highest BCUT2D eigenvalue weighted by Crippen LogP contribution is 2.21. The lowest BCUT2D eigenvalue weighted by Crippen LogP contribution is -2.37. The maximum absolute atomic E-state index is 11.6. The summed E-state index contributed by atoms with van der Waals surface area (Å²) in [6, 6.07) is 4.58. The molecule has 3 nitrogen and oxygen atoms in total. The highest BCUT2D eigenvalue weighted by atomic mass is 79.9. The van der Waals surface area contributed by atoms with Gasteiger partial charge < -0.3 is 10.6 Å². The first-order chi connectivity index (χ1) is 8.24. The molecule has 0 aliphatic heterocycles. The number of hydrogen-bond acceptors (Lipinski definition) is 3. The van der Waals surface area contributed by atoms with Crippen molar-refractivity contribution < 1.29 is 4.79 Å². The van der Waals surface area contributed by atoms with E-state index in [1.807, 2.05) is 12.1 Å². The second-order valence-corrected chi connectivity index (χ2v) is 6.89. The normalized spacial score (nSPS) is 16.3. The Labute approximate surface area is 114 Å². The lowest BCUT2D eigenvalue weighted by molar-refractivity contribution is -0.120. The Morgan fingerprint density at radius 2 is 2.18 bits per heavy atom. The van der Waals surface area contributed by atoms with E-state index in [2.05, 4.69) is 26.6 Å². The Morgan fingerprint density at radius 1 is 1.41 bits per heavy atom. The van der Waals surface area contributed by atoms with Gasteiger partial charge in [-0.05, 0) is 40.9 Å². The summed E-state index contributed by atoms with van der Waals surface area (Å²) in [6.45, 7) is 1.07. The highest BCUT2D eigenvalue weighted by Gasteiger charge is 2.15. The molecule has 1 aromatic heterocycles. The molecule has 0 spiro atoms. The first kappa shape index (κ1) is 13.1. The summed E-state index contributed by atoms with van der Waals surface area (Å²) >= 11 is 5.06. The summed E-state index contributed by atoms with van der Waals surface area (Å²) in [4.78, 5) is 12.8. The van der Waals surface area contributed by atoms with E-state index in [0.717, 1.165) is 3.79 Å². The van der Waals surface area contributed by atoms with Crippen LogP contribution in [0.4, 0.5) is 0 Å². The van der Waals surface area contributed by atoms with E-state index >= 15 is 0 Å². The molecule has 1 heterocycles. The maximum atomic E-state index is 11.6. The van der Waals surface area contributed by atoms with Gasteiger partial charge in [0.15, 0.2) is 0 Å². The molecule has 1 aliphatic rings. The number of carbonyl (C=O) groups is 1. The average molecular weight is 317 g/mol. The number of nitrogens with one attached hydrogen (secondary N) is 2. The molecule has 0 radical (unpaired) electrons. The van der Waals surface area contributed by atoms with Crippen LogP contribution in [0.25, 0.3) is 0 Å². The van der Waals surface area contributed by atoms with Crippen LogP contribution in [0.5, 0.6) is 0 Å². The molecule has 0 bridgehead atoms. The number of amides is 1. The van der Waals surface area contributed by atoms with Crippen LogP contribution in [0.2, 0.25) is 0 Å². The third-order valence-electron chi connectivity index (χ3n) is 3.00. The molecule has 17 heavy (non-hydrogen) atoms. The van der Waals surface area contributed by atoms with Crippen molar-refractivity contribution in [3.8, 4) is 0 Å². The van der Waals surface area contributed by atoms with Crippen molar-refractivity contribution in [1.82, 2.24) is 10.6 Å². The third-order valence-corrected chi connectivity index (χ3v) is 4.62. The Kier molecular flexibility index (Phi) is 5.00. The van der Waals surface area contributed by atoms with Gasteiger partial charge in [-0.15, -0.1) is 11.3 Å². The first-order valence-corrected chi connectivity index (χ1v) is 7.59. The fourth-order valence-electron chi connectivity index (χ4n) is 2.06. The minimum atomic E-state index is 0.0847. The molecule has 1 fully saturated rings. The Hall–Kier alpha value is -0.390. The zero-order chi connectivity index (χ0) is 12.1. The molecule has 2 rings (SSSR count). The van der Waals surface area contributed by atoms with E-state index in [4.69, 9.17) is 0 Å². The van der Waals surface area contributed by atoms with Crippen LogP contribution in [-0.2, 0) is 11.3 Å². The van der Waals surface area contributed by atoms with Crippen molar-refractivity contribution in [2.24, 2.45) is 0 Å². The lowest BCUT2D eigenvalue weighted by Gasteiger charge is -2.11. The molecule has 0 aromatic carbocycles. The molecule has 1 amide bonds. The fraction of sp³-hybridized carbons (Fsp3) is 0.583. The molecular weight excluding hydrogens is 300 g/mol. The van der Waals surface area contributed by atoms with E-state index in [1.165, 1.54) is 30.6 Å². The van der Waals surface area contributed by atoms with Gasteiger partial charge in [0.1, 0.15) is 0 Å². The molecular formula is C12H17BrN2OS. The van der Waals surface area contributed by atoms with Crippen molar-refractivity contribution in [3.05, 3.63) is 20.8 Å². The molecule has 5 heteroatoms. The average Bonchev–Trinajstić information content (AvgIpc) is 2.95. The standard InChI is InChI=1S/C12H17BrN2OS/c13-11-6-5-10(17-11)7-15-12(16)8-14-9-3-1-2-4-9/h5-6,9,14H,1-4,7-8H2,(H,15,16). The van der Waals surface area contributed by atoms with Gasteiger partial charge in [-0.3, -0.25) is 4.79 Å². The second kappa shape index (κ2) is 6.52. The van der Waals surface area contributed by atoms with Crippen molar-refractivity contribution in [2.45, 2.75) is 38.3 Å². The second-order valence-electron chi connectivity index (χ2n) is 4.34. The number of carbonyl (C=O) groups excluding carboxylic acids is 1. The van der Waals surface area contributed by atoms with E-state index in [-0.39, 0.29) is 5.91 Å². The first-order valence-electron chi connectivity index (χ1n) is 5.98. The van der Waals surface area contributed by atoms with Crippen LogP contribution in [0.3, 0.4) is 0 Å². The quantitative estimate of drug-likeness (QED) is 0.877. The van der Waals surface area contributed by atoms with Gasteiger partial charge in [0, 0.05) is 10.9 Å². The Morgan fingerprint density at radius 3 is 2.82 bits per heavy atom. The predicted octanol–water partition coefficient (Wildman–Crippen LogP) is 2.66. The number of halogens is 1. The SMILES string of the molecule is O=C(CNC1CCCC1)NCc1ccc(Br)s1. The molecule has 1 aliphatic carbocycles. The maximum Gasteiger partial charge on any atom is 0.234 e. The van der Waals surface area contributed by atoms with Gasteiger partial charge in [0.2, 0.25) is 5.91 Å². The van der Waals surface area contributed by atoms with Crippen molar-refractivity contribution in [2.75, 3.05) is 6.54 Å². The van der Waals surface area contributed by atoms with Crippen LogP contribution in [0.1, 0.15) is 30.6 Å². The zero-order valence-corrected chi connectivity index (χ0v) is 12.1. The summed E-state index contributed by atoms with van der Waals surface area (Å²) < 4.78 is 1.10. The van der Waals surface area contributed by atoms with Gasteiger partial charge in [-0.2, -0.15) is 0 Å². The van der Waals surface area contributed by atoms with Crippen molar-refractivity contribution >= 4 is 33.2 Å². The van der Waals surface area contributed by atoms with Gasteiger partial charge in [-0.25, -0.2) is 0 Å². The van der Waals surface area contributed by atoms with E-state index in [1.54, 1.807) is 11.3 Å². The molecule has 0 saturated heterocycles. The van der Waals surface area contributed by atoms with Crippen LogP contribution < -0.4 is 10.6 Å². The van der Waals surface area contributed by atoms with Crippen molar-refractivity contribution in [3.63, 3.8) is 0 Å². The summed E-state index contributed by atoms with van der Waals surface area (Å²) in [5.74, 6) is 0.0847. The minimum Gasteiger partial charge on any atom is -0.350 e.